The maximum atomic E-state index is 12.8. The van der Waals surface area contributed by atoms with Gasteiger partial charge in [-0.05, 0) is 38.1 Å². The number of benzene rings is 2. The number of nitriles is 1. The number of ether oxygens (including phenoxy) is 1. The van der Waals surface area contributed by atoms with Crippen LogP contribution in [0.2, 0.25) is 0 Å². The van der Waals surface area contributed by atoms with Gasteiger partial charge in [0.15, 0.2) is 5.69 Å². The number of nitrogens with zero attached hydrogens (tertiary/aromatic N) is 3. The maximum Gasteiger partial charge on any atom is 0.359 e. The summed E-state index contributed by atoms with van der Waals surface area (Å²) in [6, 6.07) is 18.2. The van der Waals surface area contributed by atoms with Crippen LogP contribution in [0, 0.1) is 18.3 Å². The van der Waals surface area contributed by atoms with Gasteiger partial charge in [-0.1, -0.05) is 42.0 Å². The zero-order valence-corrected chi connectivity index (χ0v) is 16.1. The minimum Gasteiger partial charge on any atom is -0.461 e. The van der Waals surface area contributed by atoms with E-state index in [9.17, 15) is 14.9 Å². The minimum atomic E-state index is -0.617. The van der Waals surface area contributed by atoms with Crippen LogP contribution in [-0.4, -0.2) is 28.1 Å². The number of aryl methyl sites for hydroxylation is 1. The first-order valence-electron chi connectivity index (χ1n) is 9.09. The van der Waals surface area contributed by atoms with Crippen LogP contribution in [0.25, 0.3) is 11.8 Å². The summed E-state index contributed by atoms with van der Waals surface area (Å²) in [5.41, 5.74) is 2.35. The minimum absolute atomic E-state index is 0.0421. The second kappa shape index (κ2) is 8.81. The molecule has 0 amide bonds. The Morgan fingerprint density at radius 1 is 1.17 bits per heavy atom. The molecule has 29 heavy (non-hydrogen) atoms. The van der Waals surface area contributed by atoms with Crippen molar-refractivity contribution in [1.82, 2.24) is 9.78 Å². The van der Waals surface area contributed by atoms with Gasteiger partial charge >= 0.3 is 5.97 Å². The molecule has 0 radical (unpaired) electrons. The molecule has 0 N–H and O–H groups in total. The maximum absolute atomic E-state index is 12.8. The SMILES string of the molecule is CCOC(=O)c1nn(-c2ccccc2)cc1/C=C(/C#N)C(=O)c1cccc(C)c1. The van der Waals surface area contributed by atoms with Crippen LogP contribution in [-0.2, 0) is 4.74 Å². The number of hydrogen-bond acceptors (Lipinski definition) is 5. The molecule has 2 aromatic carbocycles. The highest BCUT2D eigenvalue weighted by molar-refractivity contribution is 6.14. The van der Waals surface area contributed by atoms with Crippen molar-refractivity contribution in [2.75, 3.05) is 6.61 Å². The Morgan fingerprint density at radius 2 is 1.93 bits per heavy atom. The summed E-state index contributed by atoms with van der Waals surface area (Å²) in [4.78, 5) is 25.2. The van der Waals surface area contributed by atoms with E-state index in [0.717, 1.165) is 11.3 Å². The molecule has 6 heteroatoms. The molecule has 0 aliphatic heterocycles. The van der Waals surface area contributed by atoms with E-state index in [1.807, 2.05) is 49.4 Å². The summed E-state index contributed by atoms with van der Waals surface area (Å²) < 4.78 is 6.60. The first-order chi connectivity index (χ1) is 14.0. The van der Waals surface area contributed by atoms with Crippen LogP contribution in [0.15, 0.2) is 66.4 Å². The summed E-state index contributed by atoms with van der Waals surface area (Å²) >= 11 is 0. The fourth-order valence-corrected chi connectivity index (χ4v) is 2.81. The van der Waals surface area contributed by atoms with Crippen LogP contribution >= 0.6 is 0 Å². The Hall–Kier alpha value is -3.98. The lowest BCUT2D eigenvalue weighted by Gasteiger charge is -2.02. The van der Waals surface area contributed by atoms with E-state index < -0.39 is 11.8 Å². The number of para-hydroxylation sites is 1. The van der Waals surface area contributed by atoms with Crippen LogP contribution in [0.4, 0.5) is 0 Å². The highest BCUT2D eigenvalue weighted by Crippen LogP contribution is 2.19. The second-order valence-electron chi connectivity index (χ2n) is 6.30. The van der Waals surface area contributed by atoms with Gasteiger partial charge in [-0.25, -0.2) is 9.48 Å². The Balaban J connectivity index is 2.07. The van der Waals surface area contributed by atoms with Gasteiger partial charge in [0.1, 0.15) is 11.6 Å². The predicted octanol–water partition coefficient (Wildman–Crippen LogP) is 4.15. The number of carbonyl (C=O) groups excluding carboxylic acids is 2. The molecule has 0 fully saturated rings. The van der Waals surface area contributed by atoms with E-state index >= 15 is 0 Å². The average Bonchev–Trinajstić information content (AvgIpc) is 3.16. The van der Waals surface area contributed by atoms with E-state index in [4.69, 9.17) is 4.74 Å². The summed E-state index contributed by atoms with van der Waals surface area (Å²) in [5.74, 6) is -1.04. The zero-order valence-electron chi connectivity index (χ0n) is 16.1. The Bertz CT molecular complexity index is 1120. The van der Waals surface area contributed by atoms with Crippen molar-refractivity contribution in [2.24, 2.45) is 0 Å². The molecule has 0 saturated heterocycles. The molecule has 6 nitrogen and oxygen atoms in total. The van der Waals surface area contributed by atoms with E-state index in [0.29, 0.717) is 11.1 Å². The van der Waals surface area contributed by atoms with E-state index in [1.165, 1.54) is 10.8 Å². The first-order valence-corrected chi connectivity index (χ1v) is 9.09. The third-order valence-corrected chi connectivity index (χ3v) is 4.18. The van der Waals surface area contributed by atoms with Crippen LogP contribution in [0.3, 0.4) is 0 Å². The smallest absolute Gasteiger partial charge is 0.359 e. The fraction of sp³-hybridized carbons (Fsp3) is 0.130. The monoisotopic (exact) mass is 385 g/mol. The van der Waals surface area contributed by atoms with Gasteiger partial charge < -0.3 is 4.74 Å². The molecule has 1 heterocycles. The molecule has 0 aliphatic carbocycles. The number of esters is 1. The molecule has 0 saturated carbocycles. The second-order valence-corrected chi connectivity index (χ2v) is 6.30. The summed E-state index contributed by atoms with van der Waals surface area (Å²) in [5, 5.41) is 13.9. The molecule has 0 spiro atoms. The summed E-state index contributed by atoms with van der Waals surface area (Å²) in [6.45, 7) is 3.76. The average molecular weight is 385 g/mol. The standard InChI is InChI=1S/C23H19N3O3/c1-3-29-23(28)21-19(15-26(25-21)20-10-5-4-6-11-20)13-18(14-24)22(27)17-9-7-8-16(2)12-17/h4-13,15H,3H2,1-2H3/b18-13-. The van der Waals surface area contributed by atoms with Gasteiger partial charge in [-0.3, -0.25) is 4.79 Å². The van der Waals surface area contributed by atoms with Crippen molar-refractivity contribution in [3.05, 3.63) is 88.8 Å². The van der Waals surface area contributed by atoms with Crippen molar-refractivity contribution in [3.8, 4) is 11.8 Å². The summed E-state index contributed by atoms with van der Waals surface area (Å²) in [7, 11) is 0. The highest BCUT2D eigenvalue weighted by Gasteiger charge is 2.20. The number of rotatable bonds is 6. The van der Waals surface area contributed by atoms with Crippen LogP contribution in [0.5, 0.6) is 0 Å². The van der Waals surface area contributed by atoms with Crippen molar-refractivity contribution >= 4 is 17.8 Å². The normalized spacial score (nSPS) is 11.0. The number of aromatic nitrogens is 2. The Morgan fingerprint density at radius 3 is 2.59 bits per heavy atom. The molecular weight excluding hydrogens is 366 g/mol. The molecule has 0 atom stereocenters. The number of hydrogen-bond donors (Lipinski definition) is 0. The molecule has 144 valence electrons. The van der Waals surface area contributed by atoms with Gasteiger partial charge in [0.05, 0.1) is 12.3 Å². The van der Waals surface area contributed by atoms with E-state index in [1.54, 1.807) is 31.3 Å². The van der Waals surface area contributed by atoms with Crippen molar-refractivity contribution in [3.63, 3.8) is 0 Å². The topological polar surface area (TPSA) is 85.0 Å². The lowest BCUT2D eigenvalue weighted by Crippen LogP contribution is -2.08. The summed E-state index contributed by atoms with van der Waals surface area (Å²) in [6.07, 6.45) is 2.98. The molecular formula is C23H19N3O3. The van der Waals surface area contributed by atoms with Crippen LogP contribution < -0.4 is 0 Å². The molecule has 0 unspecified atom stereocenters. The van der Waals surface area contributed by atoms with Crippen molar-refractivity contribution in [1.29, 1.82) is 5.26 Å². The molecule has 3 aromatic rings. The molecule has 1 aromatic heterocycles. The molecule has 0 aliphatic rings. The predicted molar refractivity (Wildman–Crippen MR) is 109 cm³/mol. The number of allylic oxidation sites excluding steroid dienone is 1. The van der Waals surface area contributed by atoms with Gasteiger partial charge in [-0.15, -0.1) is 0 Å². The number of carbonyl (C=O) groups is 2. The van der Waals surface area contributed by atoms with Gasteiger partial charge in [0, 0.05) is 17.3 Å². The molecule has 3 rings (SSSR count). The van der Waals surface area contributed by atoms with E-state index in [2.05, 4.69) is 5.10 Å². The quantitative estimate of drug-likeness (QED) is 0.275. The van der Waals surface area contributed by atoms with Crippen molar-refractivity contribution < 1.29 is 14.3 Å². The molecule has 0 bridgehead atoms. The lowest BCUT2D eigenvalue weighted by molar-refractivity contribution is 0.0518. The highest BCUT2D eigenvalue weighted by atomic mass is 16.5. The number of Topliss-reactive ketones (excluding diaryl/α,β-unsaturated/α-hetero) is 1. The third kappa shape index (κ3) is 4.47. The van der Waals surface area contributed by atoms with Crippen molar-refractivity contribution in [2.45, 2.75) is 13.8 Å². The fourth-order valence-electron chi connectivity index (χ4n) is 2.81. The lowest BCUT2D eigenvalue weighted by atomic mass is 10.0. The van der Waals surface area contributed by atoms with Gasteiger partial charge in [0.2, 0.25) is 5.78 Å². The van der Waals surface area contributed by atoms with Gasteiger partial charge in [-0.2, -0.15) is 10.4 Å². The Labute approximate surface area is 168 Å². The largest absolute Gasteiger partial charge is 0.461 e. The number of ketones is 1. The third-order valence-electron chi connectivity index (χ3n) is 4.18. The van der Waals surface area contributed by atoms with E-state index in [-0.39, 0.29) is 17.9 Å². The van der Waals surface area contributed by atoms with Crippen LogP contribution in [0.1, 0.15) is 38.9 Å². The first kappa shape index (κ1) is 19.8. The Kier molecular flexibility index (Phi) is 6.00. The zero-order chi connectivity index (χ0) is 20.8. The van der Waals surface area contributed by atoms with Gasteiger partial charge in [0.25, 0.3) is 0 Å².